The molecule has 0 spiro atoms. The van der Waals surface area contributed by atoms with Gasteiger partial charge in [0.2, 0.25) is 10.0 Å². The maximum atomic E-state index is 12.4. The largest absolute Gasteiger partial charge is 0.306 e. The molecule has 2 aromatic heterocycles. The summed E-state index contributed by atoms with van der Waals surface area (Å²) in [6.45, 7) is 0. The van der Waals surface area contributed by atoms with Gasteiger partial charge in [-0.3, -0.25) is 4.79 Å². The number of aromatic nitrogens is 4. The van der Waals surface area contributed by atoms with Crippen molar-refractivity contribution in [2.75, 3.05) is 0 Å². The van der Waals surface area contributed by atoms with Crippen LogP contribution in [0.2, 0.25) is 5.02 Å². The van der Waals surface area contributed by atoms with Crippen LogP contribution >= 0.6 is 11.6 Å². The van der Waals surface area contributed by atoms with Crippen LogP contribution in [0, 0.1) is 0 Å². The van der Waals surface area contributed by atoms with Crippen LogP contribution in [0.1, 0.15) is 0 Å². The highest BCUT2D eigenvalue weighted by molar-refractivity contribution is 7.89. The number of aromatic amines is 1. The molecule has 27 heavy (non-hydrogen) atoms. The van der Waals surface area contributed by atoms with Gasteiger partial charge in [-0.1, -0.05) is 11.6 Å². The van der Waals surface area contributed by atoms with Crippen LogP contribution in [-0.4, -0.2) is 28.2 Å². The molecule has 0 saturated carbocycles. The Hall–Kier alpha value is -3.01. The summed E-state index contributed by atoms with van der Waals surface area (Å²) in [6.07, 6.45) is 1.40. The van der Waals surface area contributed by atoms with Gasteiger partial charge in [0.05, 0.1) is 16.8 Å². The highest BCUT2D eigenvalue weighted by atomic mass is 35.5. The Morgan fingerprint density at radius 1 is 1.04 bits per heavy atom. The average Bonchev–Trinajstić information content (AvgIpc) is 3.06. The van der Waals surface area contributed by atoms with E-state index in [1.165, 1.54) is 35.1 Å². The second-order valence-corrected chi connectivity index (χ2v) is 7.75. The Morgan fingerprint density at radius 3 is 2.33 bits per heavy atom. The smallest absolute Gasteiger partial charge is 0.262 e. The van der Waals surface area contributed by atoms with Gasteiger partial charge in [-0.2, -0.15) is 5.10 Å². The molecule has 0 aliphatic carbocycles. The van der Waals surface area contributed by atoms with Crippen LogP contribution in [0.25, 0.3) is 28.1 Å². The van der Waals surface area contributed by atoms with Crippen molar-refractivity contribution < 1.29 is 8.42 Å². The molecule has 4 aromatic rings. The van der Waals surface area contributed by atoms with E-state index in [1.54, 1.807) is 24.3 Å². The summed E-state index contributed by atoms with van der Waals surface area (Å²) in [5.74, 6) is 0.368. The zero-order valence-corrected chi connectivity index (χ0v) is 15.2. The highest BCUT2D eigenvalue weighted by Gasteiger charge is 2.14. The number of fused-ring (bicyclic) bond motifs is 1. The second-order valence-electron chi connectivity index (χ2n) is 5.75. The summed E-state index contributed by atoms with van der Waals surface area (Å²) in [6, 6.07) is 12.7. The molecule has 4 rings (SSSR count). The number of benzene rings is 2. The molecule has 2 aromatic carbocycles. The number of nitrogens with two attached hydrogens (primary N) is 1. The first-order valence-corrected chi connectivity index (χ1v) is 9.62. The van der Waals surface area contributed by atoms with Crippen LogP contribution < -0.4 is 10.7 Å². The standard InChI is InChI=1S/C17H12ClN5O3S/c18-11-3-1-10(2-4-11)15-21-16-14(17(24)22-15)9-20-23(16)12-5-7-13(8-6-12)27(19,25)26/h1-9H,(H2,19,25,26)(H,21,22,24). The first kappa shape index (κ1) is 17.4. The summed E-state index contributed by atoms with van der Waals surface area (Å²) in [5.41, 5.74) is 1.23. The van der Waals surface area contributed by atoms with Gasteiger partial charge >= 0.3 is 0 Å². The quantitative estimate of drug-likeness (QED) is 0.543. The Bertz CT molecular complexity index is 1310. The molecule has 2 heterocycles. The van der Waals surface area contributed by atoms with Gasteiger partial charge in [-0.15, -0.1) is 0 Å². The van der Waals surface area contributed by atoms with Gasteiger partial charge in [0.1, 0.15) is 11.2 Å². The van der Waals surface area contributed by atoms with Crippen molar-refractivity contribution in [3.8, 4) is 17.1 Å². The topological polar surface area (TPSA) is 124 Å². The Balaban J connectivity index is 1.87. The second kappa shape index (κ2) is 6.31. The van der Waals surface area contributed by atoms with Crippen LogP contribution in [-0.2, 0) is 10.0 Å². The van der Waals surface area contributed by atoms with Crippen molar-refractivity contribution >= 4 is 32.7 Å². The van der Waals surface area contributed by atoms with E-state index in [0.717, 1.165) is 0 Å². The number of nitrogens with zero attached hydrogens (tertiary/aromatic N) is 3. The lowest BCUT2D eigenvalue weighted by molar-refractivity contribution is 0.598. The third kappa shape index (κ3) is 3.23. The third-order valence-electron chi connectivity index (χ3n) is 3.97. The minimum atomic E-state index is -3.79. The number of sulfonamides is 1. The molecule has 0 saturated heterocycles. The predicted molar refractivity (Wildman–Crippen MR) is 101 cm³/mol. The lowest BCUT2D eigenvalue weighted by atomic mass is 10.2. The lowest BCUT2D eigenvalue weighted by Crippen LogP contribution is -2.12. The number of nitrogens with one attached hydrogen (secondary N) is 1. The first-order valence-electron chi connectivity index (χ1n) is 7.70. The number of hydrogen-bond acceptors (Lipinski definition) is 5. The molecule has 10 heteroatoms. The monoisotopic (exact) mass is 401 g/mol. The van der Waals surface area contributed by atoms with E-state index >= 15 is 0 Å². The predicted octanol–water partition coefficient (Wildman–Crippen LogP) is 2.08. The molecule has 0 unspecified atom stereocenters. The molecule has 8 nitrogen and oxygen atoms in total. The van der Waals surface area contributed by atoms with E-state index in [1.807, 2.05) is 0 Å². The fraction of sp³-hybridized carbons (Fsp3) is 0. The van der Waals surface area contributed by atoms with Gasteiger partial charge < -0.3 is 4.98 Å². The van der Waals surface area contributed by atoms with Crippen LogP contribution in [0.15, 0.2) is 64.4 Å². The van der Waals surface area contributed by atoms with Gasteiger partial charge in [0, 0.05) is 10.6 Å². The maximum absolute atomic E-state index is 12.4. The summed E-state index contributed by atoms with van der Waals surface area (Å²) in [5, 5.41) is 10.2. The minimum Gasteiger partial charge on any atom is -0.306 e. The summed E-state index contributed by atoms with van der Waals surface area (Å²) < 4.78 is 24.3. The van der Waals surface area contributed by atoms with E-state index in [9.17, 15) is 13.2 Å². The van der Waals surface area contributed by atoms with Crippen molar-refractivity contribution in [1.29, 1.82) is 0 Å². The first-order chi connectivity index (χ1) is 12.8. The molecule has 0 aliphatic rings. The normalized spacial score (nSPS) is 11.8. The number of halogens is 1. The highest BCUT2D eigenvalue weighted by Crippen LogP contribution is 2.21. The fourth-order valence-electron chi connectivity index (χ4n) is 2.63. The Labute approximate surface area is 158 Å². The summed E-state index contributed by atoms with van der Waals surface area (Å²) in [4.78, 5) is 19.6. The molecule has 3 N–H and O–H groups in total. The number of primary sulfonamides is 1. The Morgan fingerprint density at radius 2 is 1.70 bits per heavy atom. The van der Waals surface area contributed by atoms with E-state index in [-0.39, 0.29) is 10.5 Å². The molecular formula is C17H12ClN5O3S. The minimum absolute atomic E-state index is 0.0182. The van der Waals surface area contributed by atoms with Crippen molar-refractivity contribution in [2.24, 2.45) is 5.14 Å². The molecular weight excluding hydrogens is 390 g/mol. The number of hydrogen-bond donors (Lipinski definition) is 2. The van der Waals surface area contributed by atoms with Crippen molar-refractivity contribution in [3.05, 3.63) is 70.1 Å². The van der Waals surface area contributed by atoms with Gasteiger partial charge in [0.25, 0.3) is 5.56 Å². The maximum Gasteiger partial charge on any atom is 0.262 e. The zero-order valence-electron chi connectivity index (χ0n) is 13.6. The van der Waals surface area contributed by atoms with Crippen molar-refractivity contribution in [3.63, 3.8) is 0 Å². The molecule has 0 atom stereocenters. The third-order valence-corrected chi connectivity index (χ3v) is 5.15. The fourth-order valence-corrected chi connectivity index (χ4v) is 3.27. The molecule has 0 amide bonds. The van der Waals surface area contributed by atoms with Crippen molar-refractivity contribution in [1.82, 2.24) is 19.7 Å². The average molecular weight is 402 g/mol. The molecule has 0 bridgehead atoms. The van der Waals surface area contributed by atoms with Crippen LogP contribution in [0.4, 0.5) is 0 Å². The van der Waals surface area contributed by atoms with E-state index in [2.05, 4.69) is 15.1 Å². The van der Waals surface area contributed by atoms with Gasteiger partial charge in [0.15, 0.2) is 5.65 Å². The Kier molecular flexibility index (Phi) is 4.06. The summed E-state index contributed by atoms with van der Waals surface area (Å²) in [7, 11) is -3.79. The summed E-state index contributed by atoms with van der Waals surface area (Å²) >= 11 is 5.90. The lowest BCUT2D eigenvalue weighted by Gasteiger charge is -2.06. The van der Waals surface area contributed by atoms with E-state index in [4.69, 9.17) is 16.7 Å². The molecule has 0 aliphatic heterocycles. The van der Waals surface area contributed by atoms with E-state index in [0.29, 0.717) is 33.1 Å². The van der Waals surface area contributed by atoms with Crippen LogP contribution in [0.3, 0.4) is 0 Å². The number of H-pyrrole nitrogens is 1. The van der Waals surface area contributed by atoms with Gasteiger partial charge in [-0.25, -0.2) is 23.2 Å². The number of rotatable bonds is 3. The zero-order chi connectivity index (χ0) is 19.2. The SMILES string of the molecule is NS(=O)(=O)c1ccc(-n2ncc3c(=O)[nH]c(-c4ccc(Cl)cc4)nc32)cc1. The van der Waals surface area contributed by atoms with E-state index < -0.39 is 10.0 Å². The molecule has 0 radical (unpaired) electrons. The van der Waals surface area contributed by atoms with Crippen LogP contribution in [0.5, 0.6) is 0 Å². The van der Waals surface area contributed by atoms with Gasteiger partial charge in [-0.05, 0) is 48.5 Å². The van der Waals surface area contributed by atoms with Crippen molar-refractivity contribution in [2.45, 2.75) is 4.90 Å². The molecule has 136 valence electrons. The molecule has 0 fully saturated rings.